The minimum Gasteiger partial charge on any atom is -0.507 e. The smallest absolute Gasteiger partial charge is 0.127 e. The van der Waals surface area contributed by atoms with Crippen LogP contribution in [0.2, 0.25) is 0 Å². The Labute approximate surface area is 140 Å². The van der Waals surface area contributed by atoms with E-state index < -0.39 is 0 Å². The summed E-state index contributed by atoms with van der Waals surface area (Å²) in [7, 11) is 4.04. The first kappa shape index (κ1) is 18.5. The average Bonchev–Trinajstić information content (AvgIpc) is 2.40. The minimum absolute atomic E-state index is 0. The van der Waals surface area contributed by atoms with Gasteiger partial charge in [-0.1, -0.05) is 57.2 Å². The molecule has 3 heteroatoms. The summed E-state index contributed by atoms with van der Waals surface area (Å²) < 4.78 is 0. The number of hydrogen-bond donors (Lipinski definition) is 1. The van der Waals surface area contributed by atoms with Crippen LogP contribution < -0.4 is 0 Å². The van der Waals surface area contributed by atoms with Gasteiger partial charge in [0.1, 0.15) is 5.75 Å². The molecule has 0 saturated heterocycles. The molecular weight excluding hydrogens is 294 g/mol. The predicted octanol–water partition coefficient (Wildman–Crippen LogP) is 4.84. The van der Waals surface area contributed by atoms with Crippen molar-refractivity contribution in [2.75, 3.05) is 14.1 Å². The molecule has 0 heterocycles. The van der Waals surface area contributed by atoms with Crippen molar-refractivity contribution < 1.29 is 5.11 Å². The van der Waals surface area contributed by atoms with E-state index in [-0.39, 0.29) is 17.8 Å². The van der Waals surface area contributed by atoms with Crippen LogP contribution in [0.4, 0.5) is 0 Å². The normalized spacial score (nSPS) is 11.4. The van der Waals surface area contributed by atoms with E-state index >= 15 is 0 Å². The van der Waals surface area contributed by atoms with E-state index in [1.807, 2.05) is 44.4 Å². The Morgan fingerprint density at radius 3 is 2.09 bits per heavy atom. The van der Waals surface area contributed by atoms with Crippen molar-refractivity contribution >= 4 is 12.4 Å². The summed E-state index contributed by atoms with van der Waals surface area (Å²) in [6.45, 7) is 7.34. The van der Waals surface area contributed by atoms with Crippen LogP contribution in [-0.4, -0.2) is 24.1 Å². The summed E-state index contributed by atoms with van der Waals surface area (Å²) >= 11 is 0. The Bertz CT molecular complexity index is 615. The molecule has 0 bridgehead atoms. The third-order valence-corrected chi connectivity index (χ3v) is 3.63. The van der Waals surface area contributed by atoms with E-state index in [4.69, 9.17) is 0 Å². The second-order valence-electron chi connectivity index (χ2n) is 6.89. The van der Waals surface area contributed by atoms with Crippen LogP contribution in [0.5, 0.6) is 5.75 Å². The van der Waals surface area contributed by atoms with Crippen molar-refractivity contribution in [3.05, 3.63) is 53.6 Å². The molecule has 0 amide bonds. The van der Waals surface area contributed by atoms with Crippen LogP contribution in [0.15, 0.2) is 42.5 Å². The highest BCUT2D eigenvalue weighted by Crippen LogP contribution is 2.37. The quantitative estimate of drug-likeness (QED) is 0.875. The molecule has 0 aliphatic heterocycles. The van der Waals surface area contributed by atoms with Crippen molar-refractivity contribution in [1.29, 1.82) is 0 Å². The van der Waals surface area contributed by atoms with Gasteiger partial charge in [-0.25, -0.2) is 0 Å². The molecule has 0 fully saturated rings. The lowest BCUT2D eigenvalue weighted by molar-refractivity contribution is 0.385. The molecule has 0 atom stereocenters. The highest BCUT2D eigenvalue weighted by molar-refractivity contribution is 5.85. The summed E-state index contributed by atoms with van der Waals surface area (Å²) in [5.41, 5.74) is 4.25. The van der Waals surface area contributed by atoms with Gasteiger partial charge in [0.05, 0.1) is 0 Å². The van der Waals surface area contributed by atoms with E-state index in [0.29, 0.717) is 5.75 Å². The third-order valence-electron chi connectivity index (χ3n) is 3.63. The van der Waals surface area contributed by atoms with Gasteiger partial charge in [0.25, 0.3) is 0 Å². The van der Waals surface area contributed by atoms with E-state index in [2.05, 4.69) is 37.8 Å². The molecule has 0 radical (unpaired) electrons. The zero-order valence-electron chi connectivity index (χ0n) is 14.1. The molecule has 0 saturated carbocycles. The lowest BCUT2D eigenvalue weighted by Gasteiger charge is -2.23. The molecule has 1 N–H and O–H groups in total. The van der Waals surface area contributed by atoms with E-state index in [1.165, 1.54) is 5.56 Å². The summed E-state index contributed by atoms with van der Waals surface area (Å²) in [6, 6.07) is 14.3. The maximum absolute atomic E-state index is 10.7. The molecule has 0 aliphatic carbocycles. The topological polar surface area (TPSA) is 23.5 Å². The SMILES string of the molecule is CN(C)Cc1cc(C(C)(C)C)cc(-c2ccccc2)c1O.Cl. The predicted molar refractivity (Wildman–Crippen MR) is 96.9 cm³/mol. The highest BCUT2D eigenvalue weighted by Gasteiger charge is 2.19. The Morgan fingerprint density at radius 1 is 1.00 bits per heavy atom. The molecule has 2 aromatic rings. The summed E-state index contributed by atoms with van der Waals surface area (Å²) in [5.74, 6) is 0.392. The molecule has 22 heavy (non-hydrogen) atoms. The molecule has 120 valence electrons. The largest absolute Gasteiger partial charge is 0.507 e. The van der Waals surface area contributed by atoms with Gasteiger partial charge in [0, 0.05) is 17.7 Å². The maximum atomic E-state index is 10.7. The zero-order chi connectivity index (χ0) is 15.6. The number of phenols is 1. The summed E-state index contributed by atoms with van der Waals surface area (Å²) in [4.78, 5) is 2.08. The van der Waals surface area contributed by atoms with Gasteiger partial charge in [-0.15, -0.1) is 12.4 Å². The van der Waals surface area contributed by atoms with Crippen molar-refractivity contribution in [3.8, 4) is 16.9 Å². The Hall–Kier alpha value is -1.51. The molecule has 0 unspecified atom stereocenters. The van der Waals surface area contributed by atoms with Gasteiger partial charge < -0.3 is 10.0 Å². The van der Waals surface area contributed by atoms with Gasteiger partial charge in [-0.05, 0) is 36.7 Å². The van der Waals surface area contributed by atoms with Crippen molar-refractivity contribution in [1.82, 2.24) is 4.90 Å². The minimum atomic E-state index is 0. The standard InChI is InChI=1S/C19H25NO.ClH/c1-19(2,3)16-11-15(13-20(4)5)18(21)17(12-16)14-9-7-6-8-10-14;/h6-12,21H,13H2,1-5H3;1H. The Balaban J connectivity index is 0.00000242. The van der Waals surface area contributed by atoms with Crippen molar-refractivity contribution in [3.63, 3.8) is 0 Å². The second-order valence-corrected chi connectivity index (χ2v) is 6.89. The van der Waals surface area contributed by atoms with Gasteiger partial charge in [-0.2, -0.15) is 0 Å². The van der Waals surface area contributed by atoms with E-state index in [0.717, 1.165) is 23.2 Å². The number of halogens is 1. The summed E-state index contributed by atoms with van der Waals surface area (Å²) in [6.07, 6.45) is 0. The zero-order valence-corrected chi connectivity index (χ0v) is 14.9. The van der Waals surface area contributed by atoms with Crippen LogP contribution in [0.3, 0.4) is 0 Å². The van der Waals surface area contributed by atoms with Crippen LogP contribution in [0.1, 0.15) is 31.9 Å². The maximum Gasteiger partial charge on any atom is 0.127 e. The highest BCUT2D eigenvalue weighted by atomic mass is 35.5. The molecule has 0 aromatic heterocycles. The monoisotopic (exact) mass is 319 g/mol. The van der Waals surface area contributed by atoms with Gasteiger partial charge >= 0.3 is 0 Å². The number of aromatic hydroxyl groups is 1. The first-order valence-corrected chi connectivity index (χ1v) is 7.35. The lowest BCUT2D eigenvalue weighted by atomic mass is 9.83. The molecule has 2 rings (SSSR count). The van der Waals surface area contributed by atoms with Crippen LogP contribution >= 0.6 is 12.4 Å². The van der Waals surface area contributed by atoms with Gasteiger partial charge in [0.15, 0.2) is 0 Å². The lowest BCUT2D eigenvalue weighted by Crippen LogP contribution is -2.15. The van der Waals surface area contributed by atoms with E-state index in [1.54, 1.807) is 0 Å². The first-order valence-electron chi connectivity index (χ1n) is 7.35. The Morgan fingerprint density at radius 2 is 1.59 bits per heavy atom. The molecule has 0 aliphatic rings. The van der Waals surface area contributed by atoms with Crippen LogP contribution in [0, 0.1) is 0 Å². The van der Waals surface area contributed by atoms with Crippen LogP contribution in [0.25, 0.3) is 11.1 Å². The fourth-order valence-electron chi connectivity index (χ4n) is 2.43. The average molecular weight is 320 g/mol. The Kier molecular flexibility index (Phi) is 6.04. The summed E-state index contributed by atoms with van der Waals surface area (Å²) in [5, 5.41) is 10.7. The number of nitrogens with zero attached hydrogens (tertiary/aromatic N) is 1. The molecule has 0 spiro atoms. The fourth-order valence-corrected chi connectivity index (χ4v) is 2.43. The molecular formula is C19H26ClNO. The fraction of sp³-hybridized carbons (Fsp3) is 0.368. The molecule has 2 nitrogen and oxygen atoms in total. The first-order chi connectivity index (χ1) is 9.79. The van der Waals surface area contributed by atoms with Crippen molar-refractivity contribution in [2.24, 2.45) is 0 Å². The van der Waals surface area contributed by atoms with Crippen LogP contribution in [-0.2, 0) is 12.0 Å². The number of rotatable bonds is 3. The number of phenolic OH excluding ortho intramolecular Hbond substituents is 1. The third kappa shape index (κ3) is 4.25. The molecule has 2 aromatic carbocycles. The van der Waals surface area contributed by atoms with Gasteiger partial charge in [0.2, 0.25) is 0 Å². The number of benzene rings is 2. The van der Waals surface area contributed by atoms with Gasteiger partial charge in [-0.3, -0.25) is 0 Å². The second kappa shape index (κ2) is 7.17. The number of hydrogen-bond acceptors (Lipinski definition) is 2. The van der Waals surface area contributed by atoms with Crippen molar-refractivity contribution in [2.45, 2.75) is 32.7 Å². The van der Waals surface area contributed by atoms with E-state index in [9.17, 15) is 5.11 Å².